The fraction of sp³-hybridized carbons (Fsp3) is 0.545. The Labute approximate surface area is 98.2 Å². The van der Waals surface area contributed by atoms with Gasteiger partial charge in [-0.1, -0.05) is 0 Å². The molecule has 6 heteroatoms. The summed E-state index contributed by atoms with van der Waals surface area (Å²) >= 11 is 0. The third kappa shape index (κ3) is 5.37. The first-order chi connectivity index (χ1) is 8.09. The summed E-state index contributed by atoms with van der Waals surface area (Å²) in [5.74, 6) is -0.830. The summed E-state index contributed by atoms with van der Waals surface area (Å²) < 4.78 is 9.65. The number of carbonyl (C=O) groups excluding carboxylic acids is 2. The van der Waals surface area contributed by atoms with Gasteiger partial charge in [-0.05, 0) is 12.2 Å². The molecule has 1 fully saturated rings. The zero-order valence-electron chi connectivity index (χ0n) is 9.26. The molecule has 1 aliphatic carbocycles. The number of rotatable bonds is 1. The normalized spacial score (nSPS) is 23.9. The number of carboxylic acids is 1. The molecule has 0 aromatic rings. The van der Waals surface area contributed by atoms with Gasteiger partial charge in [-0.3, -0.25) is 9.59 Å². The molecule has 6 nitrogen and oxygen atoms in total. The first-order valence-electron chi connectivity index (χ1n) is 5.25. The SMILES string of the molecule is O=C(O)C1COCCO1.O=C1C=CC(=O)CC1. The lowest BCUT2D eigenvalue weighted by Crippen LogP contribution is -2.35. The molecule has 17 heavy (non-hydrogen) atoms. The Balaban J connectivity index is 0.000000171. The molecular weight excluding hydrogens is 228 g/mol. The van der Waals surface area contributed by atoms with E-state index in [1.807, 2.05) is 0 Å². The van der Waals surface area contributed by atoms with Crippen molar-refractivity contribution < 1.29 is 29.0 Å². The van der Waals surface area contributed by atoms with E-state index in [2.05, 4.69) is 0 Å². The molecule has 2 rings (SSSR count). The maximum Gasteiger partial charge on any atom is 0.335 e. The van der Waals surface area contributed by atoms with Gasteiger partial charge >= 0.3 is 5.97 Å². The molecule has 0 radical (unpaired) electrons. The fourth-order valence-corrected chi connectivity index (χ4v) is 1.23. The van der Waals surface area contributed by atoms with Crippen molar-refractivity contribution in [1.29, 1.82) is 0 Å². The first kappa shape index (κ1) is 13.5. The molecule has 1 heterocycles. The van der Waals surface area contributed by atoms with Gasteiger partial charge in [0.2, 0.25) is 0 Å². The van der Waals surface area contributed by atoms with Gasteiger partial charge in [-0.25, -0.2) is 4.79 Å². The summed E-state index contributed by atoms with van der Waals surface area (Å²) in [6, 6.07) is 0. The maximum atomic E-state index is 10.4. The van der Waals surface area contributed by atoms with Crippen LogP contribution >= 0.6 is 0 Å². The van der Waals surface area contributed by atoms with Gasteiger partial charge in [0.25, 0.3) is 0 Å². The zero-order chi connectivity index (χ0) is 12.7. The van der Waals surface area contributed by atoms with Crippen LogP contribution in [0.5, 0.6) is 0 Å². The first-order valence-corrected chi connectivity index (χ1v) is 5.25. The van der Waals surface area contributed by atoms with Crippen LogP contribution in [0.25, 0.3) is 0 Å². The summed E-state index contributed by atoms with van der Waals surface area (Å²) in [5, 5.41) is 8.33. The number of carbonyl (C=O) groups is 3. The topological polar surface area (TPSA) is 89.9 Å². The minimum atomic E-state index is -0.949. The quantitative estimate of drug-likeness (QED) is 0.694. The van der Waals surface area contributed by atoms with Crippen LogP contribution in [-0.2, 0) is 23.9 Å². The van der Waals surface area contributed by atoms with Gasteiger partial charge in [-0.15, -0.1) is 0 Å². The Morgan fingerprint density at radius 2 is 1.76 bits per heavy atom. The molecule has 0 spiro atoms. The van der Waals surface area contributed by atoms with Gasteiger partial charge in [0.1, 0.15) is 0 Å². The number of carboxylic acid groups (broad SMARTS) is 1. The average molecular weight is 242 g/mol. The van der Waals surface area contributed by atoms with Crippen LogP contribution in [0, 0.1) is 0 Å². The van der Waals surface area contributed by atoms with Crippen LogP contribution in [0.4, 0.5) is 0 Å². The van der Waals surface area contributed by atoms with Gasteiger partial charge in [0, 0.05) is 12.8 Å². The number of aliphatic carboxylic acids is 1. The van der Waals surface area contributed by atoms with Crippen LogP contribution in [0.2, 0.25) is 0 Å². The highest BCUT2D eigenvalue weighted by Gasteiger charge is 2.20. The molecule has 2 aliphatic rings. The number of hydrogen-bond donors (Lipinski definition) is 1. The molecule has 0 aromatic carbocycles. The molecule has 0 amide bonds. The van der Waals surface area contributed by atoms with E-state index in [1.165, 1.54) is 12.2 Å². The Kier molecular flexibility index (Phi) is 5.51. The van der Waals surface area contributed by atoms with Gasteiger partial charge in [-0.2, -0.15) is 0 Å². The molecule has 1 aliphatic heterocycles. The third-order valence-electron chi connectivity index (χ3n) is 2.16. The van der Waals surface area contributed by atoms with Crippen molar-refractivity contribution in [2.45, 2.75) is 18.9 Å². The largest absolute Gasteiger partial charge is 0.479 e. The number of ether oxygens (including phenoxy) is 2. The Morgan fingerprint density at radius 1 is 1.18 bits per heavy atom. The highest BCUT2D eigenvalue weighted by molar-refractivity contribution is 6.04. The zero-order valence-corrected chi connectivity index (χ0v) is 9.26. The summed E-state index contributed by atoms with van der Waals surface area (Å²) in [7, 11) is 0. The van der Waals surface area contributed by atoms with Gasteiger partial charge in [0.15, 0.2) is 17.7 Å². The van der Waals surface area contributed by atoms with E-state index >= 15 is 0 Å². The molecule has 1 N–H and O–H groups in total. The summed E-state index contributed by atoms with van der Waals surface area (Å²) in [4.78, 5) is 30.9. The highest BCUT2D eigenvalue weighted by Crippen LogP contribution is 2.01. The van der Waals surface area contributed by atoms with Crippen LogP contribution in [0.15, 0.2) is 12.2 Å². The van der Waals surface area contributed by atoms with Crippen molar-refractivity contribution in [2.24, 2.45) is 0 Å². The predicted octanol–water partition coefficient (Wildman–Crippen LogP) is -0.0390. The van der Waals surface area contributed by atoms with Crippen molar-refractivity contribution in [3.05, 3.63) is 12.2 Å². The summed E-state index contributed by atoms with van der Waals surface area (Å²) in [6.07, 6.45) is 2.72. The Bertz CT molecular complexity index is 309. The maximum absolute atomic E-state index is 10.4. The molecule has 94 valence electrons. The van der Waals surface area contributed by atoms with Gasteiger partial charge in [0.05, 0.1) is 19.8 Å². The van der Waals surface area contributed by atoms with Crippen molar-refractivity contribution in [1.82, 2.24) is 0 Å². The fourth-order valence-electron chi connectivity index (χ4n) is 1.23. The molecule has 1 saturated heterocycles. The molecule has 0 bridgehead atoms. The standard InChI is InChI=1S/C6H6O2.C5H8O4/c7-5-1-2-6(8)4-3-5;6-5(7)4-3-8-1-2-9-4/h1-2H,3-4H2;4H,1-3H2,(H,6,7). The minimum Gasteiger partial charge on any atom is -0.479 e. The van der Waals surface area contributed by atoms with E-state index < -0.39 is 12.1 Å². The molecule has 1 unspecified atom stereocenters. The van der Waals surface area contributed by atoms with E-state index in [1.54, 1.807) is 0 Å². The van der Waals surface area contributed by atoms with Crippen molar-refractivity contribution in [2.75, 3.05) is 19.8 Å². The second-order valence-electron chi connectivity index (χ2n) is 3.54. The van der Waals surface area contributed by atoms with Crippen LogP contribution in [-0.4, -0.2) is 48.6 Å². The van der Waals surface area contributed by atoms with E-state index in [-0.39, 0.29) is 18.2 Å². The van der Waals surface area contributed by atoms with Crippen molar-refractivity contribution >= 4 is 17.5 Å². The Hall–Kier alpha value is -1.53. The van der Waals surface area contributed by atoms with Crippen molar-refractivity contribution in [3.63, 3.8) is 0 Å². The lowest BCUT2D eigenvalue weighted by molar-refractivity contribution is -0.164. The highest BCUT2D eigenvalue weighted by atomic mass is 16.6. The van der Waals surface area contributed by atoms with E-state index in [0.717, 1.165) is 0 Å². The molecule has 1 atom stereocenters. The molecular formula is C11H14O6. The van der Waals surface area contributed by atoms with Gasteiger partial charge < -0.3 is 14.6 Å². The monoisotopic (exact) mass is 242 g/mol. The lowest BCUT2D eigenvalue weighted by atomic mass is 10.1. The van der Waals surface area contributed by atoms with Crippen LogP contribution < -0.4 is 0 Å². The second kappa shape index (κ2) is 6.93. The smallest absolute Gasteiger partial charge is 0.335 e. The second-order valence-corrected chi connectivity index (χ2v) is 3.54. The number of ketones is 2. The number of hydrogen-bond acceptors (Lipinski definition) is 5. The third-order valence-corrected chi connectivity index (χ3v) is 2.16. The van der Waals surface area contributed by atoms with E-state index in [4.69, 9.17) is 14.6 Å². The Morgan fingerprint density at radius 3 is 2.06 bits per heavy atom. The predicted molar refractivity (Wildman–Crippen MR) is 56.6 cm³/mol. The van der Waals surface area contributed by atoms with Crippen LogP contribution in [0.3, 0.4) is 0 Å². The van der Waals surface area contributed by atoms with Crippen LogP contribution in [0.1, 0.15) is 12.8 Å². The summed E-state index contributed by atoms with van der Waals surface area (Å²) in [5.41, 5.74) is 0. The minimum absolute atomic E-state index is 0.0598. The van der Waals surface area contributed by atoms with E-state index in [0.29, 0.717) is 26.1 Å². The molecule has 0 aromatic heterocycles. The lowest BCUT2D eigenvalue weighted by Gasteiger charge is -2.18. The van der Waals surface area contributed by atoms with Crippen molar-refractivity contribution in [3.8, 4) is 0 Å². The summed E-state index contributed by atoms with van der Waals surface area (Å²) in [6.45, 7) is 1.07. The molecule has 0 saturated carbocycles. The number of allylic oxidation sites excluding steroid dienone is 2. The average Bonchev–Trinajstić information content (AvgIpc) is 2.35. The van der Waals surface area contributed by atoms with E-state index in [9.17, 15) is 14.4 Å².